The van der Waals surface area contributed by atoms with E-state index in [4.69, 9.17) is 5.11 Å². The van der Waals surface area contributed by atoms with Crippen LogP contribution in [0, 0.1) is 11.3 Å². The molecule has 0 saturated carbocycles. The van der Waals surface area contributed by atoms with Crippen molar-refractivity contribution in [2.75, 3.05) is 26.2 Å². The third kappa shape index (κ3) is 2.94. The zero-order valence-electron chi connectivity index (χ0n) is 11.2. The van der Waals surface area contributed by atoms with Gasteiger partial charge in [-0.2, -0.15) is 0 Å². The second kappa shape index (κ2) is 4.78. The van der Waals surface area contributed by atoms with Gasteiger partial charge in [-0.05, 0) is 24.2 Å². The summed E-state index contributed by atoms with van der Waals surface area (Å²) in [6.07, 6.45) is 2.04. The van der Waals surface area contributed by atoms with Gasteiger partial charge in [0.25, 0.3) is 0 Å². The molecule has 102 valence electrons. The average molecular weight is 254 g/mol. The number of amides is 2. The van der Waals surface area contributed by atoms with Crippen molar-refractivity contribution in [1.29, 1.82) is 0 Å². The van der Waals surface area contributed by atoms with Crippen LogP contribution < -0.4 is 0 Å². The highest BCUT2D eigenvalue weighted by molar-refractivity contribution is 5.75. The van der Waals surface area contributed by atoms with E-state index >= 15 is 0 Å². The van der Waals surface area contributed by atoms with E-state index in [1.807, 2.05) is 9.80 Å². The number of carboxylic acid groups (broad SMARTS) is 1. The molecule has 18 heavy (non-hydrogen) atoms. The highest BCUT2D eigenvalue weighted by Gasteiger charge is 2.36. The van der Waals surface area contributed by atoms with Crippen molar-refractivity contribution in [3.05, 3.63) is 0 Å². The van der Waals surface area contributed by atoms with E-state index in [-0.39, 0.29) is 23.8 Å². The minimum atomic E-state index is -0.767. The summed E-state index contributed by atoms with van der Waals surface area (Å²) in [4.78, 5) is 26.7. The zero-order chi connectivity index (χ0) is 13.3. The molecule has 2 saturated heterocycles. The van der Waals surface area contributed by atoms with E-state index in [2.05, 4.69) is 13.8 Å². The highest BCUT2D eigenvalue weighted by atomic mass is 16.4. The van der Waals surface area contributed by atoms with Crippen molar-refractivity contribution in [2.45, 2.75) is 33.1 Å². The number of aliphatic carboxylic acids is 1. The monoisotopic (exact) mass is 254 g/mol. The summed E-state index contributed by atoms with van der Waals surface area (Å²) in [5.41, 5.74) is 0.218. The fraction of sp³-hybridized carbons (Fsp3) is 0.846. The van der Waals surface area contributed by atoms with E-state index in [1.165, 1.54) is 0 Å². The van der Waals surface area contributed by atoms with Crippen LogP contribution in [0.1, 0.15) is 33.1 Å². The predicted molar refractivity (Wildman–Crippen MR) is 67.3 cm³/mol. The molecule has 0 bridgehead atoms. The third-order valence-corrected chi connectivity index (χ3v) is 3.97. The van der Waals surface area contributed by atoms with Crippen LogP contribution in [0.4, 0.5) is 4.79 Å². The largest absolute Gasteiger partial charge is 0.481 e. The van der Waals surface area contributed by atoms with Gasteiger partial charge in [-0.15, -0.1) is 0 Å². The van der Waals surface area contributed by atoms with Gasteiger partial charge >= 0.3 is 12.0 Å². The number of hydrogen-bond acceptors (Lipinski definition) is 2. The summed E-state index contributed by atoms with van der Waals surface area (Å²) >= 11 is 0. The molecule has 0 aliphatic carbocycles. The van der Waals surface area contributed by atoms with Gasteiger partial charge in [0, 0.05) is 32.6 Å². The molecule has 2 aliphatic rings. The molecule has 0 radical (unpaired) electrons. The van der Waals surface area contributed by atoms with Gasteiger partial charge in [0.2, 0.25) is 0 Å². The second-order valence-corrected chi connectivity index (χ2v) is 6.32. The van der Waals surface area contributed by atoms with Crippen LogP contribution in [0.15, 0.2) is 0 Å². The molecule has 1 atom stereocenters. The molecule has 0 aromatic carbocycles. The topological polar surface area (TPSA) is 60.9 Å². The molecule has 5 nitrogen and oxygen atoms in total. The maximum atomic E-state index is 12.3. The molecule has 0 aromatic rings. The fourth-order valence-corrected chi connectivity index (χ4v) is 2.90. The van der Waals surface area contributed by atoms with Crippen molar-refractivity contribution in [3.8, 4) is 0 Å². The van der Waals surface area contributed by atoms with E-state index in [9.17, 15) is 9.59 Å². The fourth-order valence-electron chi connectivity index (χ4n) is 2.90. The first-order chi connectivity index (χ1) is 8.37. The Morgan fingerprint density at radius 2 is 2.00 bits per heavy atom. The van der Waals surface area contributed by atoms with Gasteiger partial charge in [-0.1, -0.05) is 13.8 Å². The minimum absolute atomic E-state index is 0.0912. The quantitative estimate of drug-likeness (QED) is 0.814. The van der Waals surface area contributed by atoms with E-state index in [0.717, 1.165) is 25.9 Å². The van der Waals surface area contributed by atoms with E-state index < -0.39 is 5.97 Å². The van der Waals surface area contributed by atoms with Gasteiger partial charge in [-0.25, -0.2) is 4.79 Å². The molecule has 1 unspecified atom stereocenters. The maximum absolute atomic E-state index is 12.3. The third-order valence-electron chi connectivity index (χ3n) is 3.97. The lowest BCUT2D eigenvalue weighted by Gasteiger charge is -2.25. The van der Waals surface area contributed by atoms with Gasteiger partial charge < -0.3 is 14.9 Å². The standard InChI is InChI=1S/C13H22N2O3/c1-13(2)4-6-15(9-13)12(18)14-5-3-10(8-14)7-11(16)17/h10H,3-9H2,1-2H3,(H,16,17). The first-order valence-corrected chi connectivity index (χ1v) is 6.63. The summed E-state index contributed by atoms with van der Waals surface area (Å²) in [6, 6.07) is 0.0912. The minimum Gasteiger partial charge on any atom is -0.481 e. The Hall–Kier alpha value is -1.26. The van der Waals surface area contributed by atoms with E-state index in [1.54, 1.807) is 0 Å². The van der Waals surface area contributed by atoms with E-state index in [0.29, 0.717) is 13.1 Å². The van der Waals surface area contributed by atoms with Gasteiger partial charge in [0.1, 0.15) is 0 Å². The van der Waals surface area contributed by atoms with Crippen LogP contribution >= 0.6 is 0 Å². The maximum Gasteiger partial charge on any atom is 0.320 e. The number of likely N-dealkylation sites (tertiary alicyclic amines) is 2. The molecule has 2 amide bonds. The van der Waals surface area contributed by atoms with Crippen molar-refractivity contribution in [3.63, 3.8) is 0 Å². The predicted octanol–water partition coefficient (Wildman–Crippen LogP) is 1.63. The van der Waals surface area contributed by atoms with Gasteiger partial charge in [-0.3, -0.25) is 4.79 Å². The van der Waals surface area contributed by atoms with Crippen LogP contribution in [0.3, 0.4) is 0 Å². The summed E-state index contributed by atoms with van der Waals surface area (Å²) < 4.78 is 0. The number of hydrogen-bond donors (Lipinski definition) is 1. The zero-order valence-corrected chi connectivity index (χ0v) is 11.2. The van der Waals surface area contributed by atoms with Gasteiger partial charge in [0.05, 0.1) is 0 Å². The Morgan fingerprint density at radius 3 is 2.56 bits per heavy atom. The normalized spacial score (nSPS) is 26.7. The second-order valence-electron chi connectivity index (χ2n) is 6.32. The molecule has 2 rings (SSSR count). The molecule has 0 spiro atoms. The lowest BCUT2D eigenvalue weighted by molar-refractivity contribution is -0.138. The highest BCUT2D eigenvalue weighted by Crippen LogP contribution is 2.30. The van der Waals surface area contributed by atoms with Crippen LogP contribution in [0.2, 0.25) is 0 Å². The summed E-state index contributed by atoms with van der Waals surface area (Å²) in [5, 5.41) is 8.77. The molecule has 2 aliphatic heterocycles. The van der Waals surface area contributed by atoms with Gasteiger partial charge in [0.15, 0.2) is 0 Å². The average Bonchev–Trinajstić information content (AvgIpc) is 2.83. The van der Waals surface area contributed by atoms with Crippen LogP contribution in [0.25, 0.3) is 0 Å². The van der Waals surface area contributed by atoms with Crippen molar-refractivity contribution in [2.24, 2.45) is 11.3 Å². The number of nitrogens with zero attached hydrogens (tertiary/aromatic N) is 2. The van der Waals surface area contributed by atoms with Crippen molar-refractivity contribution >= 4 is 12.0 Å². The Bertz CT molecular complexity index is 354. The molecule has 2 heterocycles. The van der Waals surface area contributed by atoms with Crippen LogP contribution in [-0.2, 0) is 4.79 Å². The lowest BCUT2D eigenvalue weighted by atomic mass is 9.93. The summed E-state index contributed by atoms with van der Waals surface area (Å²) in [7, 11) is 0. The van der Waals surface area contributed by atoms with Crippen LogP contribution in [-0.4, -0.2) is 53.1 Å². The van der Waals surface area contributed by atoms with Crippen molar-refractivity contribution < 1.29 is 14.7 Å². The molecular formula is C13H22N2O3. The Labute approximate surface area is 108 Å². The molecule has 5 heteroatoms. The summed E-state index contributed by atoms with van der Waals surface area (Å²) in [6.45, 7) is 7.29. The number of carboxylic acids is 1. The molecular weight excluding hydrogens is 232 g/mol. The van der Waals surface area contributed by atoms with Crippen molar-refractivity contribution in [1.82, 2.24) is 9.80 Å². The van der Waals surface area contributed by atoms with Crippen LogP contribution in [0.5, 0.6) is 0 Å². The first kappa shape index (κ1) is 13.2. The molecule has 2 fully saturated rings. The first-order valence-electron chi connectivity index (χ1n) is 6.63. The number of rotatable bonds is 2. The lowest BCUT2D eigenvalue weighted by Crippen LogP contribution is -2.41. The number of carbonyl (C=O) groups excluding carboxylic acids is 1. The number of urea groups is 1. The molecule has 1 N–H and O–H groups in total. The Kier molecular flexibility index (Phi) is 3.50. The summed E-state index contributed by atoms with van der Waals surface area (Å²) in [5.74, 6) is -0.640. The Balaban J connectivity index is 1.86. The smallest absolute Gasteiger partial charge is 0.320 e. The Morgan fingerprint density at radius 1 is 1.28 bits per heavy atom. The molecule has 0 aromatic heterocycles. The number of carbonyl (C=O) groups is 2. The SMILES string of the molecule is CC1(C)CCN(C(=O)N2CCC(CC(=O)O)C2)C1.